The largest absolute Gasteiger partial charge is 0.444 e. The second-order valence-electron chi connectivity index (χ2n) is 8.70. The maximum atomic E-state index is 12.3. The van der Waals surface area contributed by atoms with Gasteiger partial charge in [-0.15, -0.1) is 0 Å². The number of aliphatic hydroxyl groups excluding tert-OH is 1. The Morgan fingerprint density at radius 3 is 2.57 bits per heavy atom. The number of rotatable bonds is 3. The van der Waals surface area contributed by atoms with Crippen molar-refractivity contribution in [2.45, 2.75) is 84.0 Å². The fourth-order valence-electron chi connectivity index (χ4n) is 3.61. The molecule has 1 heterocycles. The number of carbonyl (C=O) groups excluding carboxylic acids is 1. The monoisotopic (exact) mass is 326 g/mol. The van der Waals surface area contributed by atoms with Gasteiger partial charge in [0.1, 0.15) is 5.60 Å². The summed E-state index contributed by atoms with van der Waals surface area (Å²) in [5, 5.41) is 13.3. The molecule has 0 aromatic rings. The first kappa shape index (κ1) is 18.5. The Bertz CT molecular complexity index is 400. The Morgan fingerprint density at radius 2 is 1.96 bits per heavy atom. The second kappa shape index (κ2) is 7.39. The van der Waals surface area contributed by atoms with Crippen LogP contribution < -0.4 is 5.32 Å². The Morgan fingerprint density at radius 1 is 1.30 bits per heavy atom. The molecule has 0 radical (unpaired) electrons. The van der Waals surface area contributed by atoms with E-state index in [-0.39, 0.29) is 17.6 Å². The highest BCUT2D eigenvalue weighted by Gasteiger charge is 2.35. The van der Waals surface area contributed by atoms with Gasteiger partial charge in [0, 0.05) is 25.7 Å². The van der Waals surface area contributed by atoms with Crippen LogP contribution in [0.25, 0.3) is 0 Å². The number of hydrogen-bond acceptors (Lipinski definition) is 4. The maximum absolute atomic E-state index is 12.3. The highest BCUT2D eigenvalue weighted by molar-refractivity contribution is 5.68. The predicted octanol–water partition coefficient (Wildman–Crippen LogP) is 2.92. The van der Waals surface area contributed by atoms with Gasteiger partial charge in [0.15, 0.2) is 0 Å². The Balaban J connectivity index is 1.82. The molecule has 2 rings (SSSR count). The van der Waals surface area contributed by atoms with Gasteiger partial charge < -0.3 is 20.1 Å². The van der Waals surface area contributed by atoms with Crippen molar-refractivity contribution in [2.24, 2.45) is 5.41 Å². The van der Waals surface area contributed by atoms with Crippen LogP contribution in [0.4, 0.5) is 4.79 Å². The average molecular weight is 326 g/mol. The van der Waals surface area contributed by atoms with Gasteiger partial charge in [0.05, 0.1) is 6.10 Å². The minimum Gasteiger partial charge on any atom is -0.444 e. The minimum absolute atomic E-state index is 0.102. The first-order chi connectivity index (χ1) is 10.7. The van der Waals surface area contributed by atoms with Crippen LogP contribution >= 0.6 is 0 Å². The van der Waals surface area contributed by atoms with Crippen LogP contribution in [-0.2, 0) is 4.74 Å². The molecule has 1 unspecified atom stereocenters. The topological polar surface area (TPSA) is 61.8 Å². The molecule has 1 aliphatic carbocycles. The fourth-order valence-corrected chi connectivity index (χ4v) is 3.61. The van der Waals surface area contributed by atoms with Gasteiger partial charge in [0.25, 0.3) is 0 Å². The van der Waals surface area contributed by atoms with Gasteiger partial charge in [-0.3, -0.25) is 0 Å². The van der Waals surface area contributed by atoms with E-state index >= 15 is 0 Å². The lowest BCUT2D eigenvalue weighted by atomic mass is 9.81. The average Bonchev–Trinajstić information content (AvgIpc) is 2.45. The molecule has 23 heavy (non-hydrogen) atoms. The van der Waals surface area contributed by atoms with Crippen molar-refractivity contribution in [3.05, 3.63) is 0 Å². The molecule has 0 bridgehead atoms. The maximum Gasteiger partial charge on any atom is 0.410 e. The quantitative estimate of drug-likeness (QED) is 0.837. The van der Waals surface area contributed by atoms with Gasteiger partial charge in [-0.05, 0) is 64.7 Å². The number of ether oxygens (including phenoxy) is 1. The summed E-state index contributed by atoms with van der Waals surface area (Å²) in [7, 11) is 0. The fraction of sp³-hybridized carbons (Fsp3) is 0.944. The summed E-state index contributed by atoms with van der Waals surface area (Å²) in [4.78, 5) is 14.2. The molecule has 2 aliphatic rings. The number of amides is 1. The van der Waals surface area contributed by atoms with Crippen molar-refractivity contribution in [3.63, 3.8) is 0 Å². The normalized spacial score (nSPS) is 32.7. The summed E-state index contributed by atoms with van der Waals surface area (Å²) in [5.41, 5.74) is -0.336. The van der Waals surface area contributed by atoms with E-state index in [1.165, 1.54) is 0 Å². The Labute approximate surface area is 140 Å². The van der Waals surface area contributed by atoms with Gasteiger partial charge in [-0.25, -0.2) is 4.79 Å². The molecule has 0 aromatic carbocycles. The van der Waals surface area contributed by atoms with E-state index in [4.69, 9.17) is 4.74 Å². The highest BCUT2D eigenvalue weighted by atomic mass is 16.6. The third-order valence-electron chi connectivity index (χ3n) is 4.95. The number of piperidine rings is 1. The summed E-state index contributed by atoms with van der Waals surface area (Å²) in [5.74, 6) is 0. The number of nitrogens with zero attached hydrogens (tertiary/aromatic N) is 1. The summed E-state index contributed by atoms with van der Waals surface area (Å²) in [6.07, 6.45) is 5.76. The highest BCUT2D eigenvalue weighted by Crippen LogP contribution is 2.30. The number of hydrogen-bond donors (Lipinski definition) is 2. The van der Waals surface area contributed by atoms with Crippen molar-refractivity contribution in [3.8, 4) is 0 Å². The Hall–Kier alpha value is -0.810. The number of nitrogens with one attached hydrogen (secondary N) is 1. The zero-order chi connectivity index (χ0) is 17.1. The standard InChI is InChI=1S/C18H34N2O3/c1-17(2,3)23-16(22)20-11-5-10-18(4,13-20)12-19-14-6-8-15(21)9-7-14/h14-15,19,21H,5-13H2,1-4H3. The second-order valence-corrected chi connectivity index (χ2v) is 8.70. The first-order valence-electron chi connectivity index (χ1n) is 9.06. The van der Waals surface area contributed by atoms with Crippen LogP contribution in [0.2, 0.25) is 0 Å². The van der Waals surface area contributed by atoms with Crippen molar-refractivity contribution in [2.75, 3.05) is 19.6 Å². The molecule has 0 spiro atoms. The third-order valence-corrected chi connectivity index (χ3v) is 4.95. The van der Waals surface area contributed by atoms with Crippen LogP contribution in [0.15, 0.2) is 0 Å². The number of likely N-dealkylation sites (tertiary alicyclic amines) is 1. The lowest BCUT2D eigenvalue weighted by molar-refractivity contribution is 0.00601. The van der Waals surface area contributed by atoms with Gasteiger partial charge >= 0.3 is 6.09 Å². The van der Waals surface area contributed by atoms with Gasteiger partial charge in [0.2, 0.25) is 0 Å². The van der Waals surface area contributed by atoms with Crippen LogP contribution in [0.3, 0.4) is 0 Å². The zero-order valence-electron chi connectivity index (χ0n) is 15.2. The molecule has 5 heteroatoms. The molecule has 0 aromatic heterocycles. The van der Waals surface area contributed by atoms with E-state index in [1.54, 1.807) is 0 Å². The Kier molecular flexibility index (Phi) is 5.95. The van der Waals surface area contributed by atoms with E-state index in [0.717, 1.165) is 58.2 Å². The summed E-state index contributed by atoms with van der Waals surface area (Å²) < 4.78 is 5.52. The molecule has 5 nitrogen and oxygen atoms in total. The van der Waals surface area contributed by atoms with Crippen molar-refractivity contribution >= 4 is 6.09 Å². The lowest BCUT2D eigenvalue weighted by Crippen LogP contribution is -2.51. The smallest absolute Gasteiger partial charge is 0.410 e. The van der Waals surface area contributed by atoms with Gasteiger partial charge in [-0.1, -0.05) is 6.92 Å². The molecular formula is C18H34N2O3. The molecule has 2 N–H and O–H groups in total. The van der Waals surface area contributed by atoms with Gasteiger partial charge in [-0.2, -0.15) is 0 Å². The van der Waals surface area contributed by atoms with E-state index < -0.39 is 5.60 Å². The van der Waals surface area contributed by atoms with Crippen molar-refractivity contribution in [1.29, 1.82) is 0 Å². The molecular weight excluding hydrogens is 292 g/mol. The van der Waals surface area contributed by atoms with E-state index in [9.17, 15) is 9.90 Å². The summed E-state index contributed by atoms with van der Waals surface area (Å²) >= 11 is 0. The molecule has 1 saturated heterocycles. The minimum atomic E-state index is -0.438. The van der Waals surface area contributed by atoms with E-state index in [2.05, 4.69) is 12.2 Å². The predicted molar refractivity (Wildman–Crippen MR) is 91.4 cm³/mol. The van der Waals surface area contributed by atoms with Crippen molar-refractivity contribution in [1.82, 2.24) is 10.2 Å². The number of carbonyl (C=O) groups is 1. The first-order valence-corrected chi connectivity index (χ1v) is 9.06. The molecule has 134 valence electrons. The van der Waals surface area contributed by atoms with Crippen LogP contribution in [0.5, 0.6) is 0 Å². The lowest BCUT2D eigenvalue weighted by Gasteiger charge is -2.42. The van der Waals surface area contributed by atoms with E-state index in [1.807, 2.05) is 25.7 Å². The SMILES string of the molecule is CC1(CNC2CCC(O)CC2)CCCN(C(=O)OC(C)(C)C)C1. The van der Waals surface area contributed by atoms with Crippen LogP contribution in [0.1, 0.15) is 66.2 Å². The van der Waals surface area contributed by atoms with Crippen LogP contribution in [0, 0.1) is 5.41 Å². The third kappa shape index (κ3) is 5.96. The molecule has 1 aliphatic heterocycles. The van der Waals surface area contributed by atoms with E-state index in [0.29, 0.717) is 6.04 Å². The molecule has 1 amide bonds. The zero-order valence-corrected chi connectivity index (χ0v) is 15.2. The molecule has 2 fully saturated rings. The molecule has 1 atom stereocenters. The van der Waals surface area contributed by atoms with Crippen molar-refractivity contribution < 1.29 is 14.6 Å². The van der Waals surface area contributed by atoms with Crippen LogP contribution in [-0.4, -0.2) is 53.5 Å². The summed E-state index contributed by atoms with van der Waals surface area (Å²) in [6.45, 7) is 10.5. The summed E-state index contributed by atoms with van der Waals surface area (Å²) in [6, 6.07) is 0.507. The number of aliphatic hydroxyl groups is 1. The molecule has 1 saturated carbocycles.